The number of ether oxygens (including phenoxy) is 2. The van der Waals surface area contributed by atoms with Crippen LogP contribution in [0, 0.1) is 5.92 Å². The molecule has 0 radical (unpaired) electrons. The van der Waals surface area contributed by atoms with Gasteiger partial charge in [-0.15, -0.1) is 0 Å². The lowest BCUT2D eigenvalue weighted by atomic mass is 9.92. The fourth-order valence-electron chi connectivity index (χ4n) is 8.00. The van der Waals surface area contributed by atoms with E-state index in [2.05, 4.69) is 37.9 Å². The summed E-state index contributed by atoms with van der Waals surface area (Å²) in [5.41, 5.74) is 0. The van der Waals surface area contributed by atoms with E-state index in [1.807, 2.05) is 0 Å². The van der Waals surface area contributed by atoms with Crippen molar-refractivity contribution in [3.63, 3.8) is 0 Å². The SMILES string of the molecule is CCCCCCCCCCCCCC(=O)OCCCCCC(O)C(CCCCOC(=O)CCCCCCCCCCCCC)CNCCCN(CCCC)CCCC. The molecule has 7 heteroatoms. The summed E-state index contributed by atoms with van der Waals surface area (Å²) in [6, 6.07) is 0. The Morgan fingerprint density at radius 1 is 0.448 bits per heavy atom. The van der Waals surface area contributed by atoms with E-state index in [1.54, 1.807) is 0 Å². The number of aliphatic hydroxyl groups is 1. The lowest BCUT2D eigenvalue weighted by Gasteiger charge is -2.25. The molecule has 2 unspecified atom stereocenters. The second kappa shape index (κ2) is 46.9. The summed E-state index contributed by atoms with van der Waals surface area (Å²) < 4.78 is 11.1. The fourth-order valence-corrected chi connectivity index (χ4v) is 8.00. The Morgan fingerprint density at radius 2 is 0.810 bits per heavy atom. The maximum absolute atomic E-state index is 12.3. The molecule has 0 heterocycles. The van der Waals surface area contributed by atoms with Crippen molar-refractivity contribution in [2.24, 2.45) is 5.92 Å². The van der Waals surface area contributed by atoms with Crippen molar-refractivity contribution in [3.8, 4) is 0 Å². The third-order valence-corrected chi connectivity index (χ3v) is 12.0. The van der Waals surface area contributed by atoms with Gasteiger partial charge in [0.05, 0.1) is 19.3 Å². The number of hydrogen-bond donors (Lipinski definition) is 2. The summed E-state index contributed by atoms with van der Waals surface area (Å²) >= 11 is 0. The van der Waals surface area contributed by atoms with Crippen molar-refractivity contribution in [3.05, 3.63) is 0 Å². The van der Waals surface area contributed by atoms with E-state index in [-0.39, 0.29) is 24.0 Å². The molecule has 0 spiro atoms. The van der Waals surface area contributed by atoms with Crippen LogP contribution in [0.25, 0.3) is 0 Å². The number of rotatable bonds is 48. The first-order valence-electron chi connectivity index (χ1n) is 25.9. The molecule has 0 fully saturated rings. The zero-order chi connectivity index (χ0) is 42.4. The van der Waals surface area contributed by atoms with Crippen molar-refractivity contribution in [2.75, 3.05) is 45.9 Å². The highest BCUT2D eigenvalue weighted by Gasteiger charge is 2.19. The third kappa shape index (κ3) is 41.5. The number of nitrogens with zero attached hydrogens (tertiary/aromatic N) is 1. The Labute approximate surface area is 362 Å². The first kappa shape index (κ1) is 56.8. The average Bonchev–Trinajstić information content (AvgIpc) is 3.22. The molecule has 0 bridgehead atoms. The molecule has 0 aromatic carbocycles. The number of hydrogen-bond acceptors (Lipinski definition) is 7. The van der Waals surface area contributed by atoms with E-state index in [1.165, 1.54) is 154 Å². The summed E-state index contributed by atoms with van der Waals surface area (Å²) in [6.45, 7) is 15.4. The summed E-state index contributed by atoms with van der Waals surface area (Å²) in [5, 5.41) is 15.0. The van der Waals surface area contributed by atoms with Gasteiger partial charge in [-0.1, -0.05) is 175 Å². The minimum absolute atomic E-state index is 0.0548. The Hall–Kier alpha value is -1.18. The second-order valence-electron chi connectivity index (χ2n) is 17.8. The second-order valence-corrected chi connectivity index (χ2v) is 17.8. The number of carbonyl (C=O) groups is 2. The van der Waals surface area contributed by atoms with Gasteiger partial charge in [-0.3, -0.25) is 9.59 Å². The zero-order valence-electron chi connectivity index (χ0n) is 39.6. The monoisotopic (exact) mass is 823 g/mol. The van der Waals surface area contributed by atoms with E-state index >= 15 is 0 Å². The highest BCUT2D eigenvalue weighted by molar-refractivity contribution is 5.69. The average molecular weight is 823 g/mol. The van der Waals surface area contributed by atoms with E-state index < -0.39 is 0 Å². The Kier molecular flexibility index (Phi) is 45.9. The molecule has 0 amide bonds. The molecule has 0 aliphatic carbocycles. The molecule has 346 valence electrons. The first-order chi connectivity index (χ1) is 28.5. The van der Waals surface area contributed by atoms with Crippen LogP contribution in [0.15, 0.2) is 0 Å². The standard InChI is InChI=1S/C51H102N2O5/c1-5-9-13-15-17-19-21-23-25-27-31-39-50(55)57-45-34-29-30-38-49(54)48(47-52-41-36-44-53(42-11-7-3)43-12-8-4)37-33-35-46-58-51(56)40-32-28-26-24-22-20-18-16-14-10-6-2/h48-49,52,54H,5-47H2,1-4H3. The third-order valence-electron chi connectivity index (χ3n) is 12.0. The Balaban J connectivity index is 4.34. The molecule has 7 nitrogen and oxygen atoms in total. The van der Waals surface area contributed by atoms with Crippen LogP contribution in [-0.4, -0.2) is 74.0 Å². The summed E-state index contributed by atoms with van der Waals surface area (Å²) in [4.78, 5) is 27.2. The van der Waals surface area contributed by atoms with Gasteiger partial charge in [0, 0.05) is 19.4 Å². The number of esters is 2. The smallest absolute Gasteiger partial charge is 0.305 e. The molecule has 0 aromatic heterocycles. The van der Waals surface area contributed by atoms with Gasteiger partial charge in [0.25, 0.3) is 0 Å². The lowest BCUT2D eigenvalue weighted by Crippen LogP contribution is -2.34. The van der Waals surface area contributed by atoms with Gasteiger partial charge >= 0.3 is 11.9 Å². The largest absolute Gasteiger partial charge is 0.466 e. The van der Waals surface area contributed by atoms with E-state index in [0.29, 0.717) is 26.1 Å². The summed E-state index contributed by atoms with van der Waals surface area (Å²) in [7, 11) is 0. The predicted molar refractivity (Wildman–Crippen MR) is 250 cm³/mol. The van der Waals surface area contributed by atoms with Crippen LogP contribution in [0.2, 0.25) is 0 Å². The Bertz CT molecular complexity index is 834. The van der Waals surface area contributed by atoms with E-state index in [9.17, 15) is 14.7 Å². The van der Waals surface area contributed by atoms with Gasteiger partial charge < -0.3 is 24.8 Å². The topological polar surface area (TPSA) is 88.1 Å². The first-order valence-corrected chi connectivity index (χ1v) is 25.9. The molecule has 0 saturated heterocycles. The zero-order valence-corrected chi connectivity index (χ0v) is 39.6. The van der Waals surface area contributed by atoms with Crippen LogP contribution in [-0.2, 0) is 19.1 Å². The van der Waals surface area contributed by atoms with E-state index in [4.69, 9.17) is 9.47 Å². The molecule has 0 saturated carbocycles. The molecular weight excluding hydrogens is 721 g/mol. The number of aliphatic hydroxyl groups excluding tert-OH is 1. The number of carbonyl (C=O) groups excluding carboxylic acids is 2. The van der Waals surface area contributed by atoms with Crippen molar-refractivity contribution in [2.45, 2.75) is 265 Å². The molecule has 2 N–H and O–H groups in total. The van der Waals surface area contributed by atoms with Gasteiger partial charge in [-0.05, 0) is 103 Å². The van der Waals surface area contributed by atoms with Crippen LogP contribution in [0.5, 0.6) is 0 Å². The fraction of sp³-hybridized carbons (Fsp3) is 0.961. The predicted octanol–water partition coefficient (Wildman–Crippen LogP) is 14.1. The van der Waals surface area contributed by atoms with Crippen molar-refractivity contribution in [1.82, 2.24) is 10.2 Å². The van der Waals surface area contributed by atoms with E-state index in [0.717, 1.165) is 96.7 Å². The number of nitrogens with one attached hydrogen (secondary N) is 1. The van der Waals surface area contributed by atoms with Crippen molar-refractivity contribution < 1.29 is 24.2 Å². The van der Waals surface area contributed by atoms with Crippen LogP contribution in [0.1, 0.15) is 259 Å². The maximum atomic E-state index is 12.3. The van der Waals surface area contributed by atoms with Gasteiger partial charge in [0.2, 0.25) is 0 Å². The van der Waals surface area contributed by atoms with Crippen LogP contribution in [0.3, 0.4) is 0 Å². The molecule has 0 aliphatic rings. The molecule has 58 heavy (non-hydrogen) atoms. The van der Waals surface area contributed by atoms with Crippen LogP contribution >= 0.6 is 0 Å². The molecule has 0 aliphatic heterocycles. The minimum Gasteiger partial charge on any atom is -0.466 e. The normalized spacial score (nSPS) is 12.7. The Morgan fingerprint density at radius 3 is 1.26 bits per heavy atom. The highest BCUT2D eigenvalue weighted by atomic mass is 16.5. The van der Waals surface area contributed by atoms with Gasteiger partial charge in [0.1, 0.15) is 0 Å². The van der Waals surface area contributed by atoms with Crippen LogP contribution < -0.4 is 5.32 Å². The molecule has 0 aromatic rings. The molecule has 0 rings (SSSR count). The maximum Gasteiger partial charge on any atom is 0.305 e. The van der Waals surface area contributed by atoms with Crippen molar-refractivity contribution in [1.29, 1.82) is 0 Å². The quantitative estimate of drug-likeness (QED) is 0.0467. The summed E-state index contributed by atoms with van der Waals surface area (Å²) in [6.07, 6.45) is 41.3. The van der Waals surface area contributed by atoms with Gasteiger partial charge in [-0.25, -0.2) is 0 Å². The molecular formula is C51H102N2O5. The minimum atomic E-state index is -0.356. The highest BCUT2D eigenvalue weighted by Crippen LogP contribution is 2.19. The van der Waals surface area contributed by atoms with Crippen LogP contribution in [0.4, 0.5) is 0 Å². The summed E-state index contributed by atoms with van der Waals surface area (Å²) in [5.74, 6) is 0.0773. The lowest BCUT2D eigenvalue weighted by molar-refractivity contribution is -0.144. The molecule has 2 atom stereocenters. The van der Waals surface area contributed by atoms with Crippen molar-refractivity contribution >= 4 is 11.9 Å². The van der Waals surface area contributed by atoms with Gasteiger partial charge in [-0.2, -0.15) is 0 Å². The van der Waals surface area contributed by atoms with Gasteiger partial charge in [0.15, 0.2) is 0 Å². The number of unbranched alkanes of at least 4 members (excludes halogenated alkanes) is 25.